The quantitative estimate of drug-likeness (QED) is 0.727. The van der Waals surface area contributed by atoms with Gasteiger partial charge in [-0.1, -0.05) is 6.07 Å². The molecule has 2 N–H and O–H groups in total. The van der Waals surface area contributed by atoms with Crippen LogP contribution in [0.4, 0.5) is 0 Å². The van der Waals surface area contributed by atoms with Gasteiger partial charge in [0, 0.05) is 0 Å². The van der Waals surface area contributed by atoms with E-state index in [2.05, 4.69) is 39.8 Å². The highest BCUT2D eigenvalue weighted by atomic mass is 32.1. The molecule has 0 bridgehead atoms. The summed E-state index contributed by atoms with van der Waals surface area (Å²) in [6.07, 6.45) is 0. The first-order valence-electron chi connectivity index (χ1n) is 5.40. The van der Waals surface area contributed by atoms with Gasteiger partial charge in [-0.3, -0.25) is 0 Å². The van der Waals surface area contributed by atoms with Crippen molar-refractivity contribution < 1.29 is 5.11 Å². The average Bonchev–Trinajstić information content (AvgIpc) is 2.93. The summed E-state index contributed by atoms with van der Waals surface area (Å²) in [5.41, 5.74) is 5.60. The minimum atomic E-state index is -0.0541. The highest BCUT2D eigenvalue weighted by molar-refractivity contribution is 7.08. The van der Waals surface area contributed by atoms with E-state index >= 15 is 0 Å². The number of thiophene rings is 1. The van der Waals surface area contributed by atoms with Gasteiger partial charge in [0.05, 0.1) is 11.0 Å². The van der Waals surface area contributed by atoms with E-state index in [0.29, 0.717) is 5.82 Å². The van der Waals surface area contributed by atoms with E-state index in [1.165, 1.54) is 16.7 Å². The Morgan fingerprint density at radius 2 is 2.24 bits per heavy atom. The lowest BCUT2D eigenvalue weighted by atomic mass is 10.1. The molecule has 4 heteroatoms. The monoisotopic (exact) mass is 244 g/mol. The second-order valence-corrected chi connectivity index (χ2v) is 4.79. The molecule has 0 atom stereocenters. The van der Waals surface area contributed by atoms with Gasteiger partial charge in [0.25, 0.3) is 0 Å². The number of aromatic amines is 1. The molecule has 0 saturated carbocycles. The number of nitrogens with one attached hydrogen (secondary N) is 1. The largest absolute Gasteiger partial charge is 0.388 e. The third-order valence-corrected chi connectivity index (χ3v) is 3.71. The zero-order valence-corrected chi connectivity index (χ0v) is 10.2. The Morgan fingerprint density at radius 1 is 1.35 bits per heavy atom. The van der Waals surface area contributed by atoms with Crippen molar-refractivity contribution in [1.29, 1.82) is 0 Å². The van der Waals surface area contributed by atoms with Gasteiger partial charge >= 0.3 is 0 Å². The first-order valence-corrected chi connectivity index (χ1v) is 6.35. The molecule has 0 spiro atoms. The number of aryl methyl sites for hydroxylation is 1. The topological polar surface area (TPSA) is 48.9 Å². The molecule has 0 amide bonds. The molecular formula is C13H12N2OS. The summed E-state index contributed by atoms with van der Waals surface area (Å²) < 4.78 is 0. The molecule has 2 aromatic heterocycles. The van der Waals surface area contributed by atoms with Gasteiger partial charge in [0.2, 0.25) is 0 Å². The second kappa shape index (κ2) is 3.98. The Labute approximate surface area is 103 Å². The van der Waals surface area contributed by atoms with E-state index in [0.717, 1.165) is 11.0 Å². The molecule has 3 rings (SSSR count). The summed E-state index contributed by atoms with van der Waals surface area (Å²) in [4.78, 5) is 7.38. The summed E-state index contributed by atoms with van der Waals surface area (Å²) in [7, 11) is 0. The maximum Gasteiger partial charge on any atom is 0.133 e. The number of nitrogens with zero attached hydrogens (tertiary/aromatic N) is 1. The first kappa shape index (κ1) is 10.5. The van der Waals surface area contributed by atoms with Crippen molar-refractivity contribution in [1.82, 2.24) is 9.97 Å². The number of fused-ring (bicyclic) bond motifs is 1. The number of hydrogen-bond donors (Lipinski definition) is 2. The Hall–Kier alpha value is -1.65. The Morgan fingerprint density at radius 3 is 2.94 bits per heavy atom. The Balaban J connectivity index is 2.16. The van der Waals surface area contributed by atoms with Crippen LogP contribution < -0.4 is 0 Å². The van der Waals surface area contributed by atoms with Gasteiger partial charge in [0.15, 0.2) is 0 Å². The van der Waals surface area contributed by atoms with E-state index in [-0.39, 0.29) is 6.61 Å². The van der Waals surface area contributed by atoms with E-state index in [9.17, 15) is 0 Å². The number of imidazole rings is 1. The van der Waals surface area contributed by atoms with Gasteiger partial charge < -0.3 is 10.1 Å². The van der Waals surface area contributed by atoms with Crippen molar-refractivity contribution in [2.45, 2.75) is 13.5 Å². The summed E-state index contributed by atoms with van der Waals surface area (Å²) in [5.74, 6) is 0.610. The maximum absolute atomic E-state index is 9.04. The van der Waals surface area contributed by atoms with Crippen LogP contribution in [0, 0.1) is 6.92 Å². The number of aromatic nitrogens is 2. The summed E-state index contributed by atoms with van der Waals surface area (Å²) in [5, 5.41) is 13.3. The van der Waals surface area contributed by atoms with Crippen LogP contribution in [-0.4, -0.2) is 15.1 Å². The van der Waals surface area contributed by atoms with E-state index in [4.69, 9.17) is 5.11 Å². The lowest BCUT2D eigenvalue weighted by molar-refractivity contribution is 0.273. The van der Waals surface area contributed by atoms with Crippen molar-refractivity contribution in [2.24, 2.45) is 0 Å². The van der Waals surface area contributed by atoms with Crippen LogP contribution in [0.2, 0.25) is 0 Å². The fourth-order valence-electron chi connectivity index (χ4n) is 1.96. The summed E-state index contributed by atoms with van der Waals surface area (Å²) in [6, 6.07) is 6.13. The van der Waals surface area contributed by atoms with Crippen LogP contribution in [-0.2, 0) is 6.61 Å². The van der Waals surface area contributed by atoms with Crippen molar-refractivity contribution in [2.75, 3.05) is 0 Å². The molecular weight excluding hydrogens is 232 g/mol. The zero-order chi connectivity index (χ0) is 11.8. The van der Waals surface area contributed by atoms with Crippen molar-refractivity contribution in [3.8, 4) is 11.1 Å². The molecule has 0 fully saturated rings. The van der Waals surface area contributed by atoms with Crippen molar-refractivity contribution in [3.05, 3.63) is 40.3 Å². The summed E-state index contributed by atoms with van der Waals surface area (Å²) in [6.45, 7) is 2.06. The third-order valence-electron chi connectivity index (χ3n) is 2.85. The Bertz CT molecular complexity index is 669. The predicted molar refractivity (Wildman–Crippen MR) is 70.1 cm³/mol. The molecule has 0 aliphatic carbocycles. The second-order valence-electron chi connectivity index (χ2n) is 4.04. The smallest absolute Gasteiger partial charge is 0.133 e. The molecule has 0 aliphatic heterocycles. The molecule has 0 unspecified atom stereocenters. The van der Waals surface area contributed by atoms with Crippen LogP contribution in [0.15, 0.2) is 29.0 Å². The standard InChI is InChI=1S/C13H12N2OS/c1-8-6-17-7-10(8)9-2-3-11-12(4-9)15-13(5-16)14-11/h2-4,6-7,16H,5H2,1H3,(H,14,15). The normalized spacial score (nSPS) is 11.2. The molecule has 3 nitrogen and oxygen atoms in total. The average molecular weight is 244 g/mol. The number of hydrogen-bond acceptors (Lipinski definition) is 3. The third kappa shape index (κ3) is 1.75. The lowest BCUT2D eigenvalue weighted by Crippen LogP contribution is -1.83. The van der Waals surface area contributed by atoms with E-state index < -0.39 is 0 Å². The molecule has 17 heavy (non-hydrogen) atoms. The van der Waals surface area contributed by atoms with Gasteiger partial charge in [0.1, 0.15) is 12.4 Å². The van der Waals surface area contributed by atoms with E-state index in [1.54, 1.807) is 11.3 Å². The first-order chi connectivity index (χ1) is 8.28. The van der Waals surface area contributed by atoms with Crippen LogP contribution in [0.1, 0.15) is 11.4 Å². The number of benzene rings is 1. The minimum absolute atomic E-state index is 0.0541. The Kier molecular flexibility index (Phi) is 2.46. The number of aliphatic hydroxyl groups excluding tert-OH is 1. The SMILES string of the molecule is Cc1cscc1-c1ccc2nc(CO)[nH]c2c1. The fourth-order valence-corrected chi connectivity index (χ4v) is 2.82. The molecule has 0 aliphatic rings. The van der Waals surface area contributed by atoms with Gasteiger partial charge in [-0.05, 0) is 46.5 Å². The van der Waals surface area contributed by atoms with E-state index in [1.807, 2.05) is 6.07 Å². The zero-order valence-electron chi connectivity index (χ0n) is 9.40. The van der Waals surface area contributed by atoms with Gasteiger partial charge in [-0.25, -0.2) is 4.98 Å². The number of rotatable bonds is 2. The number of aliphatic hydroxyl groups is 1. The van der Waals surface area contributed by atoms with Crippen LogP contribution in [0.5, 0.6) is 0 Å². The molecule has 3 aromatic rings. The molecule has 0 radical (unpaired) electrons. The van der Waals surface area contributed by atoms with Gasteiger partial charge in [-0.15, -0.1) is 0 Å². The summed E-state index contributed by atoms with van der Waals surface area (Å²) >= 11 is 1.71. The molecule has 1 aromatic carbocycles. The van der Waals surface area contributed by atoms with Crippen molar-refractivity contribution >= 4 is 22.4 Å². The molecule has 0 saturated heterocycles. The maximum atomic E-state index is 9.04. The molecule has 2 heterocycles. The highest BCUT2D eigenvalue weighted by Gasteiger charge is 2.06. The lowest BCUT2D eigenvalue weighted by Gasteiger charge is -1.99. The van der Waals surface area contributed by atoms with Crippen molar-refractivity contribution in [3.63, 3.8) is 0 Å². The molecule has 86 valence electrons. The van der Waals surface area contributed by atoms with Crippen LogP contribution >= 0.6 is 11.3 Å². The fraction of sp³-hybridized carbons (Fsp3) is 0.154. The minimum Gasteiger partial charge on any atom is -0.388 e. The van der Waals surface area contributed by atoms with Crippen LogP contribution in [0.25, 0.3) is 22.2 Å². The van der Waals surface area contributed by atoms with Crippen LogP contribution in [0.3, 0.4) is 0 Å². The number of H-pyrrole nitrogens is 1. The highest BCUT2D eigenvalue weighted by Crippen LogP contribution is 2.28. The van der Waals surface area contributed by atoms with Gasteiger partial charge in [-0.2, -0.15) is 11.3 Å². The predicted octanol–water partition coefficient (Wildman–Crippen LogP) is 3.09.